The molecule has 2 aromatic rings. The molecule has 1 aliphatic heterocycles. The molecule has 1 aromatic carbocycles. The third kappa shape index (κ3) is 2.96. The Morgan fingerprint density at radius 3 is 2.58 bits per heavy atom. The fourth-order valence-electron chi connectivity index (χ4n) is 3.28. The molecule has 1 aliphatic rings. The molecule has 134 valence electrons. The number of hydrogen-bond donors (Lipinski definition) is 1. The predicted molar refractivity (Wildman–Crippen MR) is 103 cm³/mol. The van der Waals surface area contributed by atoms with Gasteiger partial charge in [0.2, 0.25) is 0 Å². The quantitative estimate of drug-likeness (QED) is 0.844. The standard InChI is InChI=1S/C21H22N2O3/c1-12-7-6-8-17(9-12)23-13(2)10-16(15(23)4)11-18-20(24)19(14(3)22-18)21(25)26-5/h6-11,24H,1-5H3/b18-11-. The van der Waals surface area contributed by atoms with Gasteiger partial charge in [-0.15, -0.1) is 0 Å². The zero-order valence-electron chi connectivity index (χ0n) is 15.6. The highest BCUT2D eigenvalue weighted by Gasteiger charge is 2.27. The van der Waals surface area contributed by atoms with E-state index in [4.69, 9.17) is 4.74 Å². The van der Waals surface area contributed by atoms with E-state index in [0.717, 1.165) is 22.6 Å². The lowest BCUT2D eigenvalue weighted by atomic mass is 10.1. The topological polar surface area (TPSA) is 63.8 Å². The molecule has 5 nitrogen and oxygen atoms in total. The van der Waals surface area contributed by atoms with Crippen LogP contribution in [0, 0.1) is 20.8 Å². The highest BCUT2D eigenvalue weighted by atomic mass is 16.5. The van der Waals surface area contributed by atoms with E-state index in [2.05, 4.69) is 34.7 Å². The Morgan fingerprint density at radius 2 is 1.92 bits per heavy atom. The van der Waals surface area contributed by atoms with E-state index >= 15 is 0 Å². The van der Waals surface area contributed by atoms with Gasteiger partial charge >= 0.3 is 5.97 Å². The van der Waals surface area contributed by atoms with Crippen molar-refractivity contribution in [1.82, 2.24) is 4.57 Å². The van der Waals surface area contributed by atoms with Gasteiger partial charge in [0.15, 0.2) is 5.76 Å². The molecule has 0 bridgehead atoms. The van der Waals surface area contributed by atoms with Crippen LogP contribution < -0.4 is 0 Å². The third-order valence-corrected chi connectivity index (χ3v) is 4.54. The summed E-state index contributed by atoms with van der Waals surface area (Å²) in [5, 5.41) is 10.4. The van der Waals surface area contributed by atoms with Gasteiger partial charge in [-0.2, -0.15) is 0 Å². The molecule has 0 saturated carbocycles. The molecule has 0 spiro atoms. The van der Waals surface area contributed by atoms with Crippen molar-refractivity contribution in [3.05, 3.63) is 69.9 Å². The number of methoxy groups -OCH3 is 1. The van der Waals surface area contributed by atoms with E-state index in [0.29, 0.717) is 11.4 Å². The predicted octanol–water partition coefficient (Wildman–Crippen LogP) is 4.20. The molecule has 0 amide bonds. The average molecular weight is 350 g/mol. The van der Waals surface area contributed by atoms with Gasteiger partial charge in [-0.1, -0.05) is 12.1 Å². The van der Waals surface area contributed by atoms with Crippen molar-refractivity contribution in [3.8, 4) is 5.69 Å². The maximum atomic E-state index is 11.8. The largest absolute Gasteiger partial charge is 0.505 e. The van der Waals surface area contributed by atoms with Crippen LogP contribution >= 0.6 is 0 Å². The lowest BCUT2D eigenvalue weighted by Crippen LogP contribution is -2.11. The number of aliphatic hydroxyl groups is 1. The second-order valence-corrected chi connectivity index (χ2v) is 6.44. The van der Waals surface area contributed by atoms with Gasteiger partial charge in [-0.05, 0) is 63.1 Å². The number of aromatic nitrogens is 1. The minimum Gasteiger partial charge on any atom is -0.505 e. The third-order valence-electron chi connectivity index (χ3n) is 4.54. The smallest absolute Gasteiger partial charge is 0.343 e. The molecule has 1 N–H and O–H groups in total. The van der Waals surface area contributed by atoms with Crippen LogP contribution in [0.3, 0.4) is 0 Å². The molecule has 0 saturated heterocycles. The van der Waals surface area contributed by atoms with Crippen molar-refractivity contribution in [3.63, 3.8) is 0 Å². The SMILES string of the molecule is COC(=O)C1=C(O)/C(=C/c2cc(C)n(-c3cccc(C)c3)c2C)N=C1C. The summed E-state index contributed by atoms with van der Waals surface area (Å²) in [7, 11) is 1.28. The average Bonchev–Trinajstić information content (AvgIpc) is 3.03. The first-order valence-electron chi connectivity index (χ1n) is 8.38. The molecular weight excluding hydrogens is 328 g/mol. The number of aliphatic hydroxyl groups excluding tert-OH is 1. The molecule has 5 heteroatoms. The molecule has 2 heterocycles. The lowest BCUT2D eigenvalue weighted by Gasteiger charge is -2.10. The molecule has 0 fully saturated rings. The van der Waals surface area contributed by atoms with Gasteiger partial charge in [0.05, 0.1) is 12.8 Å². The van der Waals surface area contributed by atoms with Gasteiger partial charge in [-0.3, -0.25) is 0 Å². The van der Waals surface area contributed by atoms with Crippen LogP contribution in [0.15, 0.2) is 52.4 Å². The molecular formula is C21H22N2O3. The summed E-state index contributed by atoms with van der Waals surface area (Å²) in [6, 6.07) is 10.3. The summed E-state index contributed by atoms with van der Waals surface area (Å²) in [5.74, 6) is -0.730. The first-order chi connectivity index (χ1) is 12.3. The minimum atomic E-state index is -0.586. The highest BCUT2D eigenvalue weighted by molar-refractivity contribution is 6.22. The van der Waals surface area contributed by atoms with Crippen LogP contribution in [-0.4, -0.2) is 28.5 Å². The van der Waals surface area contributed by atoms with E-state index in [9.17, 15) is 9.90 Å². The second kappa shape index (κ2) is 6.67. The summed E-state index contributed by atoms with van der Waals surface area (Å²) >= 11 is 0. The van der Waals surface area contributed by atoms with Crippen LogP contribution in [0.25, 0.3) is 11.8 Å². The number of rotatable bonds is 3. The molecule has 0 atom stereocenters. The van der Waals surface area contributed by atoms with E-state index in [-0.39, 0.29) is 11.3 Å². The summed E-state index contributed by atoms with van der Waals surface area (Å²) in [6.45, 7) is 7.80. The van der Waals surface area contributed by atoms with Crippen molar-refractivity contribution in [2.45, 2.75) is 27.7 Å². The van der Waals surface area contributed by atoms with E-state index < -0.39 is 5.97 Å². The normalized spacial score (nSPS) is 15.6. The summed E-state index contributed by atoms with van der Waals surface area (Å²) in [4.78, 5) is 16.1. The Bertz CT molecular complexity index is 991. The fraction of sp³-hybridized carbons (Fsp3) is 0.238. The maximum absolute atomic E-state index is 11.8. The summed E-state index contributed by atoms with van der Waals surface area (Å²) in [6.07, 6.45) is 1.80. The van der Waals surface area contributed by atoms with Crippen LogP contribution in [-0.2, 0) is 9.53 Å². The number of carbonyl (C=O) groups excluding carboxylic acids is 1. The van der Waals surface area contributed by atoms with E-state index in [1.165, 1.54) is 12.7 Å². The van der Waals surface area contributed by atoms with Crippen molar-refractivity contribution in [1.29, 1.82) is 0 Å². The maximum Gasteiger partial charge on any atom is 0.343 e. The molecule has 0 unspecified atom stereocenters. The van der Waals surface area contributed by atoms with Crippen molar-refractivity contribution >= 4 is 17.8 Å². The van der Waals surface area contributed by atoms with Crippen LogP contribution in [0.5, 0.6) is 0 Å². The van der Waals surface area contributed by atoms with E-state index in [1.807, 2.05) is 26.0 Å². The number of aliphatic imine (C=N–C) groups is 1. The summed E-state index contributed by atoms with van der Waals surface area (Å²) < 4.78 is 6.88. The Balaban J connectivity index is 2.08. The number of esters is 1. The number of aryl methyl sites for hydroxylation is 2. The number of carbonyl (C=O) groups is 1. The Labute approximate surface area is 153 Å². The first-order valence-corrected chi connectivity index (χ1v) is 8.38. The molecule has 3 rings (SSSR count). The fourth-order valence-corrected chi connectivity index (χ4v) is 3.28. The Morgan fingerprint density at radius 1 is 1.19 bits per heavy atom. The van der Waals surface area contributed by atoms with Gasteiger partial charge in [0.25, 0.3) is 0 Å². The lowest BCUT2D eigenvalue weighted by molar-refractivity contribution is -0.135. The van der Waals surface area contributed by atoms with Gasteiger partial charge in [-0.25, -0.2) is 9.79 Å². The second-order valence-electron chi connectivity index (χ2n) is 6.44. The number of benzene rings is 1. The van der Waals surface area contributed by atoms with Crippen LogP contribution in [0.2, 0.25) is 0 Å². The van der Waals surface area contributed by atoms with Gasteiger partial charge in [0.1, 0.15) is 11.3 Å². The van der Waals surface area contributed by atoms with Crippen molar-refractivity contribution < 1.29 is 14.6 Å². The van der Waals surface area contributed by atoms with Crippen molar-refractivity contribution in [2.75, 3.05) is 7.11 Å². The molecule has 1 aromatic heterocycles. The Kier molecular flexibility index (Phi) is 4.55. The monoisotopic (exact) mass is 350 g/mol. The van der Waals surface area contributed by atoms with Crippen LogP contribution in [0.4, 0.5) is 0 Å². The molecule has 0 aliphatic carbocycles. The molecule has 26 heavy (non-hydrogen) atoms. The number of nitrogens with zero attached hydrogens (tertiary/aromatic N) is 2. The zero-order valence-corrected chi connectivity index (χ0v) is 15.6. The highest BCUT2D eigenvalue weighted by Crippen LogP contribution is 2.29. The van der Waals surface area contributed by atoms with Gasteiger partial charge in [0, 0.05) is 17.1 Å². The number of ether oxygens (including phenoxy) is 1. The number of hydrogen-bond acceptors (Lipinski definition) is 4. The first kappa shape index (κ1) is 17.7. The summed E-state index contributed by atoms with van der Waals surface area (Å²) in [5.41, 5.74) is 6.27. The Hall–Kier alpha value is -3.08. The zero-order chi connectivity index (χ0) is 19.0. The molecule has 0 radical (unpaired) electrons. The minimum absolute atomic E-state index is 0.117. The van der Waals surface area contributed by atoms with Crippen molar-refractivity contribution in [2.24, 2.45) is 4.99 Å². The van der Waals surface area contributed by atoms with Crippen LogP contribution in [0.1, 0.15) is 29.4 Å². The van der Waals surface area contributed by atoms with Gasteiger partial charge < -0.3 is 14.4 Å². The van der Waals surface area contributed by atoms with E-state index in [1.54, 1.807) is 13.0 Å².